The summed E-state index contributed by atoms with van der Waals surface area (Å²) in [6.45, 7) is 24.9. The van der Waals surface area contributed by atoms with Gasteiger partial charge in [-0.15, -0.1) is 6.58 Å². The summed E-state index contributed by atoms with van der Waals surface area (Å²) in [6.07, 6.45) is 0.983. The molecule has 0 bridgehead atoms. The highest BCUT2D eigenvalue weighted by atomic mass is 28.4. The molecule has 37 heavy (non-hydrogen) atoms. The third kappa shape index (κ3) is 14.9. The first-order valence-electron chi connectivity index (χ1n) is 12.3. The maximum Gasteiger partial charge on any atom is 0.331 e. The minimum Gasteiger partial charge on any atom is -0.491 e. The first-order valence-corrected chi connectivity index (χ1v) is 21.0. The summed E-state index contributed by atoms with van der Waals surface area (Å²) in [5, 5.41) is 1.35. The molecule has 0 heterocycles. The molecule has 0 aliphatic rings. The Morgan fingerprint density at radius 3 is 1.89 bits per heavy atom. The maximum atomic E-state index is 6.32. The van der Waals surface area contributed by atoms with Gasteiger partial charge in [-0.25, -0.2) is 0 Å². The van der Waals surface area contributed by atoms with Crippen molar-refractivity contribution in [3.8, 4) is 5.75 Å². The van der Waals surface area contributed by atoms with Crippen molar-refractivity contribution in [2.75, 3.05) is 19.8 Å². The molecule has 0 N–H and O–H groups in total. The molecule has 7 heteroatoms. The fourth-order valence-corrected chi connectivity index (χ4v) is 12.0. The highest BCUT2D eigenvalue weighted by Gasteiger charge is 2.32. The highest BCUT2D eigenvalue weighted by Crippen LogP contribution is 2.23. The Hall–Kier alpha value is -1.49. The maximum absolute atomic E-state index is 6.32. The third-order valence-electron chi connectivity index (χ3n) is 5.42. The topological polar surface area (TPSA) is 36.9 Å². The lowest BCUT2D eigenvalue weighted by atomic mass is 10.1. The minimum absolute atomic E-state index is 0. The van der Waals surface area contributed by atoms with Crippen LogP contribution >= 0.6 is 0 Å². The average molecular weight is 567 g/mol. The van der Waals surface area contributed by atoms with Crippen LogP contribution in [0.3, 0.4) is 0 Å². The molecule has 0 spiro atoms. The lowest BCUT2D eigenvalue weighted by molar-refractivity contribution is 0.152. The number of benzene rings is 2. The van der Waals surface area contributed by atoms with Crippen LogP contribution in [0.2, 0.25) is 39.3 Å². The van der Waals surface area contributed by atoms with Crippen molar-refractivity contribution in [3.63, 3.8) is 0 Å². The van der Waals surface area contributed by atoms with E-state index >= 15 is 0 Å². The molecule has 2 aromatic carbocycles. The Kier molecular flexibility index (Phi) is 20.2. The Morgan fingerprint density at radius 1 is 0.784 bits per heavy atom. The summed E-state index contributed by atoms with van der Waals surface area (Å²) >= 11 is 0. The van der Waals surface area contributed by atoms with E-state index in [1.165, 1.54) is 16.3 Å². The normalized spacial score (nSPS) is 11.1. The van der Waals surface area contributed by atoms with Crippen LogP contribution in [0.15, 0.2) is 60.8 Å². The van der Waals surface area contributed by atoms with Gasteiger partial charge in [-0.2, -0.15) is 0 Å². The van der Waals surface area contributed by atoms with Gasteiger partial charge in [-0.05, 0) is 75.9 Å². The molecule has 0 aliphatic carbocycles. The van der Waals surface area contributed by atoms with E-state index < -0.39 is 25.2 Å². The molecular formula is C30H58O4Si3. The Morgan fingerprint density at radius 2 is 1.38 bits per heavy atom. The smallest absolute Gasteiger partial charge is 0.331 e. The molecule has 2 rings (SSSR count). The van der Waals surface area contributed by atoms with Gasteiger partial charge in [-0.3, -0.25) is 0 Å². The number of aryl methyl sites for hydroxylation is 2. The van der Waals surface area contributed by atoms with Crippen molar-refractivity contribution < 1.29 is 17.7 Å². The van der Waals surface area contributed by atoms with Crippen molar-refractivity contribution in [2.24, 2.45) is 0 Å². The number of hydrogen-bond acceptors (Lipinski definition) is 4. The van der Waals surface area contributed by atoms with Crippen LogP contribution < -0.4 is 9.92 Å². The van der Waals surface area contributed by atoms with Gasteiger partial charge in [0, 0.05) is 6.61 Å². The van der Waals surface area contributed by atoms with Gasteiger partial charge in [0.15, 0.2) is 8.32 Å². The van der Waals surface area contributed by atoms with Gasteiger partial charge in [0.05, 0.1) is 6.61 Å². The van der Waals surface area contributed by atoms with Gasteiger partial charge < -0.3 is 17.7 Å². The lowest BCUT2D eigenvalue weighted by Crippen LogP contribution is -2.51. The summed E-state index contributed by atoms with van der Waals surface area (Å²) in [4.78, 5) is 0. The Labute approximate surface area is 233 Å². The van der Waals surface area contributed by atoms with Gasteiger partial charge in [0.25, 0.3) is 0 Å². The standard InChI is InChI=1S/C15H26O3Si.C12H20OSi2.3CH4/c1-6-14-10-8-9-13(3)15(14)16-11-12-18-19(4,5)17-7-2;1-6-14(2,3)13-15(4,5)12-10-8-7-9-11-12;;;/h8-10H,6-7,11-12H2,1-5H3;6-11H,1H2,2-5H3;3*1H4. The second-order valence-electron chi connectivity index (χ2n) is 9.73. The zero-order valence-electron chi connectivity index (χ0n) is 22.9. The summed E-state index contributed by atoms with van der Waals surface area (Å²) < 4.78 is 23.6. The molecule has 4 nitrogen and oxygen atoms in total. The SMILES string of the molecule is C.C.C.C=C[Si](C)(C)O[Si](C)(C)c1ccccc1.CCO[Si](C)(C)OCCOc1c(C)cccc1CC. The average Bonchev–Trinajstić information content (AvgIpc) is 2.78. The molecule has 0 unspecified atom stereocenters. The van der Waals surface area contributed by atoms with Crippen molar-refractivity contribution in [3.05, 3.63) is 71.9 Å². The Balaban J connectivity index is -0.000000591. The van der Waals surface area contributed by atoms with E-state index in [4.69, 9.17) is 17.7 Å². The zero-order chi connectivity index (χ0) is 25.8. The highest BCUT2D eigenvalue weighted by molar-refractivity contribution is 6.93. The lowest BCUT2D eigenvalue weighted by Gasteiger charge is -2.32. The molecule has 0 aromatic heterocycles. The Bertz CT molecular complexity index is 868. The van der Waals surface area contributed by atoms with Crippen molar-refractivity contribution in [2.45, 2.75) is 88.8 Å². The van der Waals surface area contributed by atoms with Crippen LogP contribution in [0.4, 0.5) is 0 Å². The molecule has 2 aromatic rings. The first kappa shape index (κ1) is 40.0. The van der Waals surface area contributed by atoms with Gasteiger partial charge in [0.1, 0.15) is 12.4 Å². The van der Waals surface area contributed by atoms with E-state index in [1.54, 1.807) is 0 Å². The van der Waals surface area contributed by atoms with Gasteiger partial charge >= 0.3 is 8.56 Å². The second kappa shape index (κ2) is 18.7. The molecule has 0 atom stereocenters. The van der Waals surface area contributed by atoms with E-state index in [9.17, 15) is 0 Å². The summed E-state index contributed by atoms with van der Waals surface area (Å²) in [5.41, 5.74) is 4.44. The molecular weight excluding hydrogens is 509 g/mol. The quantitative estimate of drug-likeness (QED) is 0.190. The molecule has 214 valence electrons. The number of hydrogen-bond donors (Lipinski definition) is 0. The summed E-state index contributed by atoms with van der Waals surface area (Å²) in [5.74, 6) is 1.00. The number of ether oxygens (including phenoxy) is 1. The van der Waals surface area contributed by atoms with Crippen LogP contribution in [0, 0.1) is 6.92 Å². The zero-order valence-corrected chi connectivity index (χ0v) is 25.9. The number of para-hydroxylation sites is 1. The van der Waals surface area contributed by atoms with Crippen LogP contribution in [0.5, 0.6) is 5.75 Å². The fraction of sp³-hybridized carbons (Fsp3) is 0.533. The first-order chi connectivity index (χ1) is 15.9. The molecule has 0 aliphatic heterocycles. The van der Waals surface area contributed by atoms with E-state index in [-0.39, 0.29) is 22.3 Å². The van der Waals surface area contributed by atoms with E-state index in [2.05, 4.69) is 102 Å². The second-order valence-corrected chi connectivity index (χ2v) is 21.1. The molecule has 0 radical (unpaired) electrons. The summed E-state index contributed by atoms with van der Waals surface area (Å²) in [7, 11) is -5.37. The van der Waals surface area contributed by atoms with E-state index in [1.807, 2.05) is 18.7 Å². The summed E-state index contributed by atoms with van der Waals surface area (Å²) in [6, 6.07) is 16.8. The van der Waals surface area contributed by atoms with Crippen LogP contribution in [-0.2, 0) is 19.4 Å². The molecule has 0 saturated heterocycles. The van der Waals surface area contributed by atoms with E-state index in [0.717, 1.165) is 12.2 Å². The monoisotopic (exact) mass is 566 g/mol. The predicted octanol–water partition coefficient (Wildman–Crippen LogP) is 8.65. The van der Waals surface area contributed by atoms with Crippen LogP contribution in [0.25, 0.3) is 0 Å². The van der Waals surface area contributed by atoms with Crippen molar-refractivity contribution >= 4 is 30.4 Å². The minimum atomic E-state index is -1.96. The molecule has 0 amide bonds. The van der Waals surface area contributed by atoms with E-state index in [0.29, 0.717) is 19.8 Å². The van der Waals surface area contributed by atoms with Gasteiger partial charge in [0.2, 0.25) is 8.32 Å². The van der Waals surface area contributed by atoms with Crippen molar-refractivity contribution in [1.82, 2.24) is 0 Å². The van der Waals surface area contributed by atoms with Crippen LogP contribution in [0.1, 0.15) is 47.3 Å². The largest absolute Gasteiger partial charge is 0.491 e. The van der Waals surface area contributed by atoms with Gasteiger partial charge in [-0.1, -0.05) is 83.4 Å². The predicted molar refractivity (Wildman–Crippen MR) is 174 cm³/mol. The number of rotatable bonds is 12. The van der Waals surface area contributed by atoms with Crippen LogP contribution in [-0.4, -0.2) is 45.0 Å². The molecule has 0 fully saturated rings. The molecule has 0 saturated carbocycles. The third-order valence-corrected chi connectivity index (χ3v) is 14.2. The van der Waals surface area contributed by atoms with Crippen molar-refractivity contribution in [1.29, 1.82) is 0 Å². The fourth-order valence-electron chi connectivity index (χ4n) is 3.62.